The smallest absolute Gasteiger partial charge is 0.131 e. The van der Waals surface area contributed by atoms with Gasteiger partial charge in [0.2, 0.25) is 0 Å². The molecule has 1 nitrogen and oxygen atoms in total. The molecule has 1 aromatic heterocycles. The van der Waals surface area contributed by atoms with Crippen LogP contribution in [0.15, 0.2) is 42.7 Å². The van der Waals surface area contributed by atoms with Crippen molar-refractivity contribution in [3.05, 3.63) is 54.4 Å². The van der Waals surface area contributed by atoms with E-state index in [1.165, 1.54) is 6.07 Å². The molecule has 1 heterocycles. The number of hydrogen-bond donors (Lipinski definition) is 0. The number of nitrogens with zero attached hydrogens (tertiary/aromatic N) is 1. The van der Waals surface area contributed by atoms with E-state index < -0.39 is 11.6 Å². The van der Waals surface area contributed by atoms with E-state index >= 15 is 0 Å². The predicted octanol–water partition coefficient (Wildman–Crippen LogP) is 3.03. The van der Waals surface area contributed by atoms with Crippen molar-refractivity contribution in [1.29, 1.82) is 0 Å². The van der Waals surface area contributed by atoms with Gasteiger partial charge in [0.25, 0.3) is 0 Å². The summed E-state index contributed by atoms with van der Waals surface area (Å²) in [7, 11) is 0. The lowest BCUT2D eigenvalue weighted by Crippen LogP contribution is -1.86. The van der Waals surface area contributed by atoms with Gasteiger partial charge in [0, 0.05) is 18.0 Å². The molecule has 3 heteroatoms. The van der Waals surface area contributed by atoms with Crippen LogP contribution in [-0.2, 0) is 0 Å². The molecule has 0 saturated heterocycles. The van der Waals surface area contributed by atoms with Gasteiger partial charge in [-0.25, -0.2) is 8.78 Å². The Labute approximate surface area is 80.0 Å². The van der Waals surface area contributed by atoms with Gasteiger partial charge >= 0.3 is 0 Å². The average molecular weight is 191 g/mol. The Hall–Kier alpha value is -1.77. The van der Waals surface area contributed by atoms with Crippen molar-refractivity contribution in [3.63, 3.8) is 0 Å². The zero-order valence-corrected chi connectivity index (χ0v) is 7.24. The van der Waals surface area contributed by atoms with E-state index in [0.29, 0.717) is 5.56 Å². The summed E-state index contributed by atoms with van der Waals surface area (Å²) in [6, 6.07) is 6.66. The van der Waals surface area contributed by atoms with Gasteiger partial charge in [-0.1, -0.05) is 0 Å². The zero-order chi connectivity index (χ0) is 9.97. The minimum Gasteiger partial charge on any atom is -0.265 e. The van der Waals surface area contributed by atoms with Gasteiger partial charge in [0.1, 0.15) is 11.6 Å². The molecule has 14 heavy (non-hydrogen) atoms. The number of halogens is 2. The first kappa shape index (κ1) is 8.81. The maximum Gasteiger partial charge on any atom is 0.131 e. The first-order valence-corrected chi connectivity index (χ1v) is 4.13. The fourth-order valence-electron chi connectivity index (χ4n) is 1.25. The highest BCUT2D eigenvalue weighted by Crippen LogP contribution is 2.22. The third-order valence-corrected chi connectivity index (χ3v) is 1.92. The summed E-state index contributed by atoms with van der Waals surface area (Å²) >= 11 is 0. The lowest BCUT2D eigenvalue weighted by molar-refractivity contribution is 0.603. The molecule has 0 aliphatic rings. The molecule has 0 saturated carbocycles. The molecule has 0 radical (unpaired) electrons. The minimum atomic E-state index is -0.446. The van der Waals surface area contributed by atoms with Gasteiger partial charge < -0.3 is 0 Å². The molecule has 0 aliphatic heterocycles. The van der Waals surface area contributed by atoms with Crippen LogP contribution in [0.1, 0.15) is 0 Å². The van der Waals surface area contributed by atoms with Crippen molar-refractivity contribution >= 4 is 0 Å². The highest BCUT2D eigenvalue weighted by atomic mass is 19.1. The van der Waals surface area contributed by atoms with Gasteiger partial charge in [0.15, 0.2) is 0 Å². The molecule has 0 fully saturated rings. The van der Waals surface area contributed by atoms with Crippen molar-refractivity contribution in [3.8, 4) is 11.1 Å². The molecule has 0 N–H and O–H groups in total. The van der Waals surface area contributed by atoms with Crippen LogP contribution in [0.25, 0.3) is 11.1 Å². The molecule has 70 valence electrons. The molecular weight excluding hydrogens is 184 g/mol. The Morgan fingerprint density at radius 2 is 1.64 bits per heavy atom. The average Bonchev–Trinajstić information content (AvgIpc) is 2.23. The van der Waals surface area contributed by atoms with Crippen LogP contribution in [0.5, 0.6) is 0 Å². The first-order valence-electron chi connectivity index (χ1n) is 4.13. The molecule has 0 atom stereocenters. The highest BCUT2D eigenvalue weighted by Gasteiger charge is 2.05. The van der Waals surface area contributed by atoms with Crippen molar-refractivity contribution < 1.29 is 8.78 Å². The SMILES string of the molecule is Fc1ccc(F)c(-c2ccncc2)c1. The summed E-state index contributed by atoms with van der Waals surface area (Å²) in [6.07, 6.45) is 3.08. The van der Waals surface area contributed by atoms with E-state index in [0.717, 1.165) is 12.1 Å². The summed E-state index contributed by atoms with van der Waals surface area (Å²) in [5, 5.41) is 0. The largest absolute Gasteiger partial charge is 0.265 e. The predicted molar refractivity (Wildman–Crippen MR) is 49.6 cm³/mol. The Balaban J connectivity index is 2.57. The Kier molecular flexibility index (Phi) is 2.23. The normalized spacial score (nSPS) is 10.1. The quantitative estimate of drug-likeness (QED) is 0.675. The van der Waals surface area contributed by atoms with Gasteiger partial charge in [-0.2, -0.15) is 0 Å². The van der Waals surface area contributed by atoms with E-state index in [2.05, 4.69) is 4.98 Å². The number of hydrogen-bond acceptors (Lipinski definition) is 1. The summed E-state index contributed by atoms with van der Waals surface area (Å²) < 4.78 is 26.1. The second-order valence-corrected chi connectivity index (χ2v) is 2.86. The Bertz CT molecular complexity index is 440. The van der Waals surface area contributed by atoms with E-state index in [9.17, 15) is 8.78 Å². The van der Waals surface area contributed by atoms with E-state index in [1.807, 2.05) is 0 Å². The zero-order valence-electron chi connectivity index (χ0n) is 7.24. The van der Waals surface area contributed by atoms with Crippen LogP contribution < -0.4 is 0 Å². The van der Waals surface area contributed by atoms with Crippen LogP contribution >= 0.6 is 0 Å². The van der Waals surface area contributed by atoms with Crippen LogP contribution in [-0.4, -0.2) is 4.98 Å². The molecule has 0 amide bonds. The molecule has 0 bridgehead atoms. The third-order valence-electron chi connectivity index (χ3n) is 1.92. The number of rotatable bonds is 1. The van der Waals surface area contributed by atoms with Gasteiger partial charge in [-0.05, 0) is 35.9 Å². The molecular formula is C11H7F2N. The summed E-state index contributed by atoms with van der Waals surface area (Å²) in [5.41, 5.74) is 0.879. The first-order chi connectivity index (χ1) is 6.77. The molecule has 0 aliphatic carbocycles. The maximum absolute atomic E-state index is 13.3. The van der Waals surface area contributed by atoms with Crippen LogP contribution in [0.4, 0.5) is 8.78 Å². The molecule has 2 rings (SSSR count). The van der Waals surface area contributed by atoms with E-state index in [4.69, 9.17) is 0 Å². The van der Waals surface area contributed by atoms with Gasteiger partial charge in [-0.15, -0.1) is 0 Å². The standard InChI is InChI=1S/C11H7F2N/c12-9-1-2-11(13)10(7-9)8-3-5-14-6-4-8/h1-7H. The second kappa shape index (κ2) is 3.54. The third kappa shape index (κ3) is 1.62. The van der Waals surface area contributed by atoms with Crippen molar-refractivity contribution in [1.82, 2.24) is 4.98 Å². The maximum atomic E-state index is 13.3. The molecule has 0 unspecified atom stereocenters. The fraction of sp³-hybridized carbons (Fsp3) is 0. The fourth-order valence-corrected chi connectivity index (χ4v) is 1.25. The lowest BCUT2D eigenvalue weighted by atomic mass is 10.1. The van der Waals surface area contributed by atoms with E-state index in [1.54, 1.807) is 24.5 Å². The number of benzene rings is 1. The molecule has 2 aromatic rings. The van der Waals surface area contributed by atoms with Crippen molar-refractivity contribution in [2.24, 2.45) is 0 Å². The summed E-state index contributed by atoms with van der Waals surface area (Å²) in [5.74, 6) is -0.879. The summed E-state index contributed by atoms with van der Waals surface area (Å²) in [4.78, 5) is 3.81. The second-order valence-electron chi connectivity index (χ2n) is 2.86. The number of aromatic nitrogens is 1. The lowest BCUT2D eigenvalue weighted by Gasteiger charge is -2.02. The van der Waals surface area contributed by atoms with Crippen LogP contribution in [0.3, 0.4) is 0 Å². The van der Waals surface area contributed by atoms with Gasteiger partial charge in [-0.3, -0.25) is 4.98 Å². The Morgan fingerprint density at radius 1 is 0.929 bits per heavy atom. The molecule has 1 aromatic carbocycles. The van der Waals surface area contributed by atoms with Crippen LogP contribution in [0.2, 0.25) is 0 Å². The monoisotopic (exact) mass is 191 g/mol. The Morgan fingerprint density at radius 3 is 2.36 bits per heavy atom. The van der Waals surface area contributed by atoms with Crippen molar-refractivity contribution in [2.75, 3.05) is 0 Å². The topological polar surface area (TPSA) is 12.9 Å². The highest BCUT2D eigenvalue weighted by molar-refractivity contribution is 5.63. The van der Waals surface area contributed by atoms with Gasteiger partial charge in [0.05, 0.1) is 0 Å². The molecule has 0 spiro atoms. The van der Waals surface area contributed by atoms with Crippen LogP contribution in [0, 0.1) is 11.6 Å². The van der Waals surface area contributed by atoms with Crippen molar-refractivity contribution in [2.45, 2.75) is 0 Å². The van der Waals surface area contributed by atoms with E-state index in [-0.39, 0.29) is 5.56 Å². The summed E-state index contributed by atoms with van der Waals surface area (Å²) in [6.45, 7) is 0. The number of pyridine rings is 1. The minimum absolute atomic E-state index is 0.257.